The Kier molecular flexibility index (Phi) is 2.19. The van der Waals surface area contributed by atoms with E-state index in [1.54, 1.807) is 6.20 Å². The molecule has 1 heterocycles. The Labute approximate surface area is 80.8 Å². The largest absolute Gasteiger partial charge is 0.340 e. The average molecular weight is 194 g/mol. The van der Waals surface area contributed by atoms with Gasteiger partial charge in [-0.3, -0.25) is 0 Å². The molecule has 3 nitrogen and oxygen atoms in total. The molecule has 0 aliphatic carbocycles. The number of imidazole rings is 1. The van der Waals surface area contributed by atoms with E-state index in [0.717, 1.165) is 11.5 Å². The summed E-state index contributed by atoms with van der Waals surface area (Å²) in [5.41, 5.74) is 1.00. The molecule has 0 fully saturated rings. The van der Waals surface area contributed by atoms with Crippen LogP contribution in [0.25, 0.3) is 0 Å². The minimum Gasteiger partial charge on any atom is -0.340 e. The minimum absolute atomic E-state index is 0.387. The fourth-order valence-electron chi connectivity index (χ4n) is 1.04. The molecule has 4 heteroatoms. The van der Waals surface area contributed by atoms with Crippen molar-refractivity contribution in [1.82, 2.24) is 9.97 Å². The summed E-state index contributed by atoms with van der Waals surface area (Å²) in [5, 5.41) is 3.51. The van der Waals surface area contributed by atoms with Crippen molar-refractivity contribution in [2.45, 2.75) is 0 Å². The number of halogens is 1. The molecule has 66 valence electrons. The van der Waals surface area contributed by atoms with Crippen LogP contribution in [0.4, 0.5) is 11.5 Å². The maximum atomic E-state index is 5.62. The van der Waals surface area contributed by atoms with Crippen molar-refractivity contribution in [2.24, 2.45) is 0 Å². The fraction of sp³-hybridized carbons (Fsp3) is 0. The smallest absolute Gasteiger partial charge is 0.201 e. The van der Waals surface area contributed by atoms with Gasteiger partial charge in [0.2, 0.25) is 5.28 Å². The lowest BCUT2D eigenvalue weighted by molar-refractivity contribution is 1.31. The maximum Gasteiger partial charge on any atom is 0.201 e. The molecule has 2 N–H and O–H groups in total. The van der Waals surface area contributed by atoms with E-state index in [0.29, 0.717) is 5.28 Å². The highest BCUT2D eigenvalue weighted by Gasteiger charge is 1.96. The molecule has 0 unspecified atom stereocenters. The Hall–Kier alpha value is -1.48. The quantitative estimate of drug-likeness (QED) is 0.770. The summed E-state index contributed by atoms with van der Waals surface area (Å²) in [7, 11) is 0. The number of nitrogens with one attached hydrogen (secondary N) is 2. The van der Waals surface area contributed by atoms with Crippen LogP contribution in [0.15, 0.2) is 36.5 Å². The highest BCUT2D eigenvalue weighted by atomic mass is 35.5. The SMILES string of the molecule is Clc1ncc(Nc2ccccc2)[nH]1. The third-order valence-corrected chi connectivity index (χ3v) is 1.79. The van der Waals surface area contributed by atoms with Crippen LogP contribution in [0, 0.1) is 0 Å². The normalized spacial score (nSPS) is 9.92. The van der Waals surface area contributed by atoms with Gasteiger partial charge in [-0.1, -0.05) is 18.2 Å². The average Bonchev–Trinajstić information content (AvgIpc) is 2.53. The standard InChI is InChI=1S/C9H8ClN3/c10-9-11-6-8(13-9)12-7-4-2-1-3-5-7/h1-6,12H,(H,11,13). The van der Waals surface area contributed by atoms with Gasteiger partial charge >= 0.3 is 0 Å². The molecule has 0 amide bonds. The lowest BCUT2D eigenvalue weighted by Crippen LogP contribution is -1.88. The van der Waals surface area contributed by atoms with Crippen molar-refractivity contribution in [3.8, 4) is 0 Å². The Bertz CT molecular complexity index is 383. The first-order valence-electron chi connectivity index (χ1n) is 3.87. The lowest BCUT2D eigenvalue weighted by atomic mass is 10.3. The summed E-state index contributed by atoms with van der Waals surface area (Å²) in [6.07, 6.45) is 1.65. The van der Waals surface area contributed by atoms with Crippen molar-refractivity contribution in [3.05, 3.63) is 41.8 Å². The molecule has 1 aromatic carbocycles. The molecule has 0 radical (unpaired) electrons. The first-order valence-corrected chi connectivity index (χ1v) is 4.25. The maximum absolute atomic E-state index is 5.62. The number of H-pyrrole nitrogens is 1. The van der Waals surface area contributed by atoms with Crippen LogP contribution in [0.1, 0.15) is 0 Å². The number of para-hydroxylation sites is 1. The van der Waals surface area contributed by atoms with Crippen LogP contribution in [0.5, 0.6) is 0 Å². The number of aromatic amines is 1. The van der Waals surface area contributed by atoms with Crippen molar-refractivity contribution >= 4 is 23.1 Å². The van der Waals surface area contributed by atoms with E-state index in [1.807, 2.05) is 30.3 Å². The van der Waals surface area contributed by atoms with Gasteiger partial charge in [-0.25, -0.2) is 4.98 Å². The lowest BCUT2D eigenvalue weighted by Gasteiger charge is -2.01. The predicted molar refractivity (Wildman–Crippen MR) is 53.3 cm³/mol. The number of aromatic nitrogens is 2. The molecular formula is C9H8ClN3. The molecule has 0 spiro atoms. The second-order valence-electron chi connectivity index (χ2n) is 2.58. The Morgan fingerprint density at radius 2 is 2.00 bits per heavy atom. The summed E-state index contributed by atoms with van der Waals surface area (Å²) >= 11 is 5.62. The van der Waals surface area contributed by atoms with E-state index in [-0.39, 0.29) is 0 Å². The third kappa shape index (κ3) is 2.00. The molecule has 0 saturated carbocycles. The van der Waals surface area contributed by atoms with Crippen LogP contribution in [0.2, 0.25) is 5.28 Å². The Morgan fingerprint density at radius 1 is 1.23 bits per heavy atom. The zero-order valence-corrected chi connectivity index (χ0v) is 7.55. The van der Waals surface area contributed by atoms with Gasteiger partial charge in [-0.2, -0.15) is 0 Å². The number of hydrogen-bond acceptors (Lipinski definition) is 2. The molecule has 2 aromatic rings. The number of nitrogens with zero attached hydrogens (tertiary/aromatic N) is 1. The summed E-state index contributed by atoms with van der Waals surface area (Å²) in [4.78, 5) is 6.73. The zero-order chi connectivity index (χ0) is 9.10. The van der Waals surface area contributed by atoms with Gasteiger partial charge in [-0.05, 0) is 23.7 Å². The van der Waals surface area contributed by atoms with Gasteiger partial charge in [0.05, 0.1) is 6.20 Å². The van der Waals surface area contributed by atoms with E-state index >= 15 is 0 Å². The van der Waals surface area contributed by atoms with Crippen LogP contribution in [-0.2, 0) is 0 Å². The number of rotatable bonds is 2. The summed E-state index contributed by atoms with van der Waals surface area (Å²) < 4.78 is 0. The van der Waals surface area contributed by atoms with Crippen molar-refractivity contribution in [3.63, 3.8) is 0 Å². The van der Waals surface area contributed by atoms with Crippen molar-refractivity contribution in [1.29, 1.82) is 0 Å². The van der Waals surface area contributed by atoms with E-state index in [4.69, 9.17) is 11.6 Å². The van der Waals surface area contributed by atoms with Crippen molar-refractivity contribution < 1.29 is 0 Å². The minimum atomic E-state index is 0.387. The van der Waals surface area contributed by atoms with Crippen LogP contribution in [0.3, 0.4) is 0 Å². The second kappa shape index (κ2) is 3.49. The van der Waals surface area contributed by atoms with Gasteiger partial charge in [0.15, 0.2) is 0 Å². The molecule has 0 aliphatic heterocycles. The number of benzene rings is 1. The van der Waals surface area contributed by atoms with Crippen LogP contribution in [-0.4, -0.2) is 9.97 Å². The van der Waals surface area contributed by atoms with Crippen LogP contribution >= 0.6 is 11.6 Å². The van der Waals surface area contributed by atoms with Gasteiger partial charge in [0, 0.05) is 5.69 Å². The highest BCUT2D eigenvalue weighted by Crippen LogP contribution is 2.14. The number of hydrogen-bond donors (Lipinski definition) is 2. The van der Waals surface area contributed by atoms with E-state index in [9.17, 15) is 0 Å². The van der Waals surface area contributed by atoms with E-state index in [1.165, 1.54) is 0 Å². The van der Waals surface area contributed by atoms with Gasteiger partial charge in [-0.15, -0.1) is 0 Å². The zero-order valence-electron chi connectivity index (χ0n) is 6.79. The second-order valence-corrected chi connectivity index (χ2v) is 2.94. The van der Waals surface area contributed by atoms with Crippen LogP contribution < -0.4 is 5.32 Å². The van der Waals surface area contributed by atoms with Crippen molar-refractivity contribution in [2.75, 3.05) is 5.32 Å². The van der Waals surface area contributed by atoms with Gasteiger partial charge < -0.3 is 10.3 Å². The Morgan fingerprint density at radius 3 is 2.62 bits per heavy atom. The molecule has 2 rings (SSSR count). The van der Waals surface area contributed by atoms with Gasteiger partial charge in [0.1, 0.15) is 5.82 Å². The summed E-state index contributed by atoms with van der Waals surface area (Å²) in [6.45, 7) is 0. The van der Waals surface area contributed by atoms with Gasteiger partial charge in [0.25, 0.3) is 0 Å². The predicted octanol–water partition coefficient (Wildman–Crippen LogP) is 2.81. The fourth-order valence-corrected chi connectivity index (χ4v) is 1.19. The molecule has 0 atom stereocenters. The molecule has 0 aliphatic rings. The Balaban J connectivity index is 2.15. The molecule has 0 bridgehead atoms. The molecular weight excluding hydrogens is 186 g/mol. The van der Waals surface area contributed by atoms with E-state index in [2.05, 4.69) is 15.3 Å². The first-order chi connectivity index (χ1) is 6.34. The summed E-state index contributed by atoms with van der Waals surface area (Å²) in [6, 6.07) is 9.81. The summed E-state index contributed by atoms with van der Waals surface area (Å²) in [5.74, 6) is 0.788. The third-order valence-electron chi connectivity index (χ3n) is 1.60. The molecule has 13 heavy (non-hydrogen) atoms. The molecule has 1 aromatic heterocycles. The number of anilines is 2. The van der Waals surface area contributed by atoms with E-state index < -0.39 is 0 Å². The highest BCUT2D eigenvalue weighted by molar-refractivity contribution is 6.28. The first kappa shape index (κ1) is 8.13. The monoisotopic (exact) mass is 193 g/mol. The topological polar surface area (TPSA) is 40.7 Å². The molecule has 0 saturated heterocycles.